The fourth-order valence-electron chi connectivity index (χ4n) is 2.33. The van der Waals surface area contributed by atoms with E-state index < -0.39 is 0 Å². The van der Waals surface area contributed by atoms with Gasteiger partial charge in [-0.25, -0.2) is 0 Å². The topological polar surface area (TPSA) is 30.5 Å². The molecular weight excluding hydrogens is 238 g/mol. The highest BCUT2D eigenvalue weighted by molar-refractivity contribution is 5.29. The summed E-state index contributed by atoms with van der Waals surface area (Å²) in [5.41, 5.74) is 2.87. The van der Waals surface area contributed by atoms with E-state index in [1.807, 2.05) is 0 Å². The summed E-state index contributed by atoms with van der Waals surface area (Å²) in [7, 11) is 0. The second kappa shape index (κ2) is 8.31. The zero-order valence-electron chi connectivity index (χ0n) is 11.9. The average Bonchev–Trinajstić information content (AvgIpc) is 2.46. The van der Waals surface area contributed by atoms with Crippen LogP contribution in [0.4, 0.5) is 0 Å². The third-order valence-corrected chi connectivity index (χ3v) is 3.50. The smallest absolute Gasteiger partial charge is 0.0701 e. The number of unbranched alkanes of at least 4 members (excludes halogenated alkanes) is 1. The van der Waals surface area contributed by atoms with Crippen LogP contribution in [0.5, 0.6) is 0 Å². The Balaban J connectivity index is 1.58. The van der Waals surface area contributed by atoms with Crippen molar-refractivity contribution in [1.82, 2.24) is 5.32 Å². The number of rotatable bonds is 8. The first kappa shape index (κ1) is 14.5. The van der Waals surface area contributed by atoms with E-state index in [0.29, 0.717) is 19.3 Å². The molecule has 1 aromatic carbocycles. The van der Waals surface area contributed by atoms with Gasteiger partial charge in [0.15, 0.2) is 0 Å². The van der Waals surface area contributed by atoms with Crippen LogP contribution in [-0.2, 0) is 22.4 Å². The highest BCUT2D eigenvalue weighted by Gasteiger charge is 2.17. The summed E-state index contributed by atoms with van der Waals surface area (Å²) in [5.74, 6) is 0. The number of hydrogen-bond acceptors (Lipinski definition) is 3. The molecule has 0 spiro atoms. The molecule has 1 aliphatic rings. The number of ether oxygens (including phenoxy) is 2. The molecule has 3 nitrogen and oxygen atoms in total. The first-order valence-corrected chi connectivity index (χ1v) is 7.35. The normalized spacial score (nSPS) is 18.3. The molecule has 0 amide bonds. The molecule has 2 rings (SSSR count). The third kappa shape index (κ3) is 4.94. The van der Waals surface area contributed by atoms with Gasteiger partial charge in [-0.05, 0) is 24.0 Å². The van der Waals surface area contributed by atoms with Crippen LogP contribution in [-0.4, -0.2) is 32.5 Å². The van der Waals surface area contributed by atoms with Crippen molar-refractivity contribution in [3.63, 3.8) is 0 Å². The molecule has 3 heteroatoms. The third-order valence-electron chi connectivity index (χ3n) is 3.50. The lowest BCUT2D eigenvalue weighted by Gasteiger charge is -2.25. The molecule has 1 N–H and O–H groups in total. The highest BCUT2D eigenvalue weighted by Crippen LogP contribution is 2.16. The summed E-state index contributed by atoms with van der Waals surface area (Å²) in [4.78, 5) is 0. The minimum absolute atomic E-state index is 0.436. The van der Waals surface area contributed by atoms with E-state index >= 15 is 0 Å². The lowest BCUT2D eigenvalue weighted by molar-refractivity contribution is 0.0374. The molecule has 19 heavy (non-hydrogen) atoms. The highest BCUT2D eigenvalue weighted by atomic mass is 16.5. The Morgan fingerprint density at radius 3 is 2.74 bits per heavy atom. The van der Waals surface area contributed by atoms with Gasteiger partial charge in [0.05, 0.1) is 19.8 Å². The molecule has 0 saturated heterocycles. The van der Waals surface area contributed by atoms with Gasteiger partial charge in [-0.2, -0.15) is 0 Å². The van der Waals surface area contributed by atoms with Gasteiger partial charge in [0.2, 0.25) is 0 Å². The SMILES string of the molecule is CCCCOCCOCC1Cc2ccccc2CN1. The maximum Gasteiger partial charge on any atom is 0.0701 e. The summed E-state index contributed by atoms with van der Waals surface area (Å²) < 4.78 is 11.2. The molecule has 0 bridgehead atoms. The fraction of sp³-hybridized carbons (Fsp3) is 0.625. The standard InChI is InChI=1S/C16H25NO2/c1-2-3-8-18-9-10-19-13-16-11-14-6-4-5-7-15(14)12-17-16/h4-7,16-17H,2-3,8-13H2,1H3. The van der Waals surface area contributed by atoms with Gasteiger partial charge in [-0.3, -0.25) is 0 Å². The Kier molecular flexibility index (Phi) is 6.34. The number of nitrogens with one attached hydrogen (secondary N) is 1. The van der Waals surface area contributed by atoms with Crippen LogP contribution in [0.3, 0.4) is 0 Å². The average molecular weight is 263 g/mol. The van der Waals surface area contributed by atoms with Gasteiger partial charge < -0.3 is 14.8 Å². The quantitative estimate of drug-likeness (QED) is 0.731. The molecule has 0 aromatic heterocycles. The van der Waals surface area contributed by atoms with Crippen LogP contribution < -0.4 is 5.32 Å². The van der Waals surface area contributed by atoms with Crippen molar-refractivity contribution in [2.24, 2.45) is 0 Å². The molecule has 0 aliphatic carbocycles. The molecule has 1 unspecified atom stereocenters. The molecule has 1 heterocycles. The second-order valence-corrected chi connectivity index (χ2v) is 5.09. The summed E-state index contributed by atoms with van der Waals surface area (Å²) in [6, 6.07) is 9.07. The van der Waals surface area contributed by atoms with Crippen molar-refractivity contribution < 1.29 is 9.47 Å². The summed E-state index contributed by atoms with van der Waals surface area (Å²) >= 11 is 0. The Bertz CT molecular complexity index is 368. The molecule has 0 radical (unpaired) electrons. The van der Waals surface area contributed by atoms with Gasteiger partial charge in [-0.15, -0.1) is 0 Å². The first-order valence-electron chi connectivity index (χ1n) is 7.35. The second-order valence-electron chi connectivity index (χ2n) is 5.09. The number of fused-ring (bicyclic) bond motifs is 1. The van der Waals surface area contributed by atoms with E-state index in [-0.39, 0.29) is 0 Å². The molecular formula is C16H25NO2. The van der Waals surface area contributed by atoms with E-state index in [0.717, 1.165) is 32.6 Å². The maximum absolute atomic E-state index is 5.68. The van der Waals surface area contributed by atoms with Crippen LogP contribution in [0.2, 0.25) is 0 Å². The minimum Gasteiger partial charge on any atom is -0.379 e. The zero-order valence-corrected chi connectivity index (χ0v) is 11.9. The predicted molar refractivity (Wildman–Crippen MR) is 77.3 cm³/mol. The zero-order chi connectivity index (χ0) is 13.3. The molecule has 0 saturated carbocycles. The van der Waals surface area contributed by atoms with E-state index in [1.165, 1.54) is 17.5 Å². The maximum atomic E-state index is 5.68. The van der Waals surface area contributed by atoms with E-state index in [4.69, 9.17) is 9.47 Å². The Morgan fingerprint density at radius 2 is 1.89 bits per heavy atom. The van der Waals surface area contributed by atoms with E-state index in [9.17, 15) is 0 Å². The molecule has 1 atom stereocenters. The van der Waals surface area contributed by atoms with Crippen molar-refractivity contribution in [2.75, 3.05) is 26.4 Å². The summed E-state index contributed by atoms with van der Waals surface area (Å²) in [6.07, 6.45) is 3.39. The Hall–Kier alpha value is -0.900. The van der Waals surface area contributed by atoms with Crippen molar-refractivity contribution in [1.29, 1.82) is 0 Å². The minimum atomic E-state index is 0.436. The van der Waals surface area contributed by atoms with Gasteiger partial charge in [0.1, 0.15) is 0 Å². The Labute approximate surface area is 116 Å². The molecule has 106 valence electrons. The van der Waals surface area contributed by atoms with Crippen LogP contribution in [0.1, 0.15) is 30.9 Å². The number of hydrogen-bond donors (Lipinski definition) is 1. The van der Waals surface area contributed by atoms with Gasteiger partial charge >= 0.3 is 0 Å². The van der Waals surface area contributed by atoms with Crippen LogP contribution in [0.25, 0.3) is 0 Å². The largest absolute Gasteiger partial charge is 0.379 e. The van der Waals surface area contributed by atoms with Gasteiger partial charge in [0.25, 0.3) is 0 Å². The van der Waals surface area contributed by atoms with Crippen molar-refractivity contribution in [3.05, 3.63) is 35.4 Å². The van der Waals surface area contributed by atoms with E-state index in [1.54, 1.807) is 0 Å². The van der Waals surface area contributed by atoms with Crippen molar-refractivity contribution in [3.8, 4) is 0 Å². The van der Waals surface area contributed by atoms with Crippen LogP contribution in [0.15, 0.2) is 24.3 Å². The summed E-state index contributed by atoms with van der Waals surface area (Å²) in [6.45, 7) is 6.16. The molecule has 0 fully saturated rings. The lowest BCUT2D eigenvalue weighted by Crippen LogP contribution is -2.39. The molecule has 1 aliphatic heterocycles. The van der Waals surface area contributed by atoms with Crippen LogP contribution >= 0.6 is 0 Å². The predicted octanol–water partition coefficient (Wildman–Crippen LogP) is 2.53. The summed E-state index contributed by atoms with van der Waals surface area (Å²) in [5, 5.41) is 3.52. The first-order chi connectivity index (χ1) is 9.40. The lowest BCUT2D eigenvalue weighted by atomic mass is 9.96. The van der Waals surface area contributed by atoms with Crippen LogP contribution in [0, 0.1) is 0 Å². The number of benzene rings is 1. The van der Waals surface area contributed by atoms with E-state index in [2.05, 4.69) is 36.5 Å². The van der Waals surface area contributed by atoms with Crippen molar-refractivity contribution >= 4 is 0 Å². The molecule has 1 aromatic rings. The Morgan fingerprint density at radius 1 is 1.11 bits per heavy atom. The monoisotopic (exact) mass is 263 g/mol. The van der Waals surface area contributed by atoms with Crippen molar-refractivity contribution in [2.45, 2.75) is 38.8 Å². The van der Waals surface area contributed by atoms with Gasteiger partial charge in [0, 0.05) is 19.2 Å². The van der Waals surface area contributed by atoms with Gasteiger partial charge in [-0.1, -0.05) is 37.6 Å². The fourth-order valence-corrected chi connectivity index (χ4v) is 2.33.